The van der Waals surface area contributed by atoms with E-state index in [0.29, 0.717) is 18.8 Å². The number of hydrogen-bond acceptors (Lipinski definition) is 7. The summed E-state index contributed by atoms with van der Waals surface area (Å²) in [5, 5.41) is 16.7. The molecule has 0 aliphatic rings. The van der Waals surface area contributed by atoms with Crippen molar-refractivity contribution < 1.29 is 24.0 Å². The molecule has 148 valence electrons. The molecule has 1 amide bonds. The van der Waals surface area contributed by atoms with Gasteiger partial charge in [0.25, 0.3) is 11.6 Å². The normalized spacial score (nSPS) is 10.2. The summed E-state index contributed by atoms with van der Waals surface area (Å²) in [6.07, 6.45) is 0. The zero-order valence-corrected chi connectivity index (χ0v) is 15.6. The Morgan fingerprint density at radius 1 is 1.14 bits per heavy atom. The fraction of sp³-hybridized carbons (Fsp3) is 0.263. The smallest absolute Gasteiger partial charge is 0.338 e. The molecule has 2 rings (SSSR count). The van der Waals surface area contributed by atoms with Crippen LogP contribution in [0, 0.1) is 17.0 Å². The maximum Gasteiger partial charge on any atom is 0.338 e. The molecule has 0 fully saturated rings. The summed E-state index contributed by atoms with van der Waals surface area (Å²) in [5.74, 6) is -1.33. The Kier molecular flexibility index (Phi) is 7.46. The number of nitrogens with zero attached hydrogens (tertiary/aromatic N) is 1. The second-order valence-corrected chi connectivity index (χ2v) is 5.85. The molecule has 28 heavy (non-hydrogen) atoms. The number of rotatable bonds is 9. The average molecular weight is 387 g/mol. The Labute approximate surface area is 161 Å². The first-order valence-electron chi connectivity index (χ1n) is 8.46. The number of esters is 1. The first-order chi connectivity index (χ1) is 13.4. The Hall–Kier alpha value is -3.46. The molecule has 2 aromatic carbocycles. The van der Waals surface area contributed by atoms with Gasteiger partial charge in [-0.25, -0.2) is 4.79 Å². The molecule has 0 aromatic heterocycles. The summed E-state index contributed by atoms with van der Waals surface area (Å²) in [4.78, 5) is 34.8. The van der Waals surface area contributed by atoms with Gasteiger partial charge < -0.3 is 20.1 Å². The highest BCUT2D eigenvalue weighted by atomic mass is 16.6. The third kappa shape index (κ3) is 5.78. The number of aryl methyl sites for hydroxylation is 1. The van der Waals surface area contributed by atoms with Gasteiger partial charge in [0.05, 0.1) is 17.1 Å². The second kappa shape index (κ2) is 10.0. The van der Waals surface area contributed by atoms with Gasteiger partial charge >= 0.3 is 5.97 Å². The summed E-state index contributed by atoms with van der Waals surface area (Å²) in [5.41, 5.74) is 1.46. The van der Waals surface area contributed by atoms with Crippen molar-refractivity contribution in [1.82, 2.24) is 0 Å². The van der Waals surface area contributed by atoms with Crippen LogP contribution >= 0.6 is 0 Å². The van der Waals surface area contributed by atoms with E-state index in [2.05, 4.69) is 10.6 Å². The minimum absolute atomic E-state index is 0.0207. The lowest BCUT2D eigenvalue weighted by atomic mass is 10.1. The van der Waals surface area contributed by atoms with Crippen molar-refractivity contribution in [3.05, 3.63) is 63.7 Å². The third-order valence-corrected chi connectivity index (χ3v) is 3.81. The number of benzene rings is 2. The zero-order chi connectivity index (χ0) is 20.5. The number of nitro groups is 1. The van der Waals surface area contributed by atoms with Gasteiger partial charge in [-0.1, -0.05) is 18.2 Å². The number of methoxy groups -OCH3 is 1. The molecular weight excluding hydrogens is 366 g/mol. The summed E-state index contributed by atoms with van der Waals surface area (Å²) < 4.78 is 9.85. The first-order valence-corrected chi connectivity index (χ1v) is 8.46. The van der Waals surface area contributed by atoms with Gasteiger partial charge in [-0.05, 0) is 30.7 Å². The number of carbonyl (C=O) groups is 2. The summed E-state index contributed by atoms with van der Waals surface area (Å²) >= 11 is 0. The molecule has 0 aliphatic heterocycles. The van der Waals surface area contributed by atoms with Gasteiger partial charge in [-0.2, -0.15) is 0 Å². The number of ether oxygens (including phenoxy) is 2. The number of amides is 1. The van der Waals surface area contributed by atoms with E-state index in [9.17, 15) is 19.7 Å². The molecule has 0 aliphatic carbocycles. The van der Waals surface area contributed by atoms with Gasteiger partial charge in [-0.3, -0.25) is 14.9 Å². The largest absolute Gasteiger partial charge is 0.452 e. The van der Waals surface area contributed by atoms with Crippen LogP contribution in [0.4, 0.5) is 17.1 Å². The molecule has 0 saturated heterocycles. The highest BCUT2D eigenvalue weighted by Gasteiger charge is 2.19. The molecule has 2 aromatic rings. The van der Waals surface area contributed by atoms with Gasteiger partial charge in [0.1, 0.15) is 5.69 Å². The van der Waals surface area contributed by atoms with Crippen molar-refractivity contribution in [2.45, 2.75) is 6.92 Å². The van der Waals surface area contributed by atoms with Crippen molar-refractivity contribution in [1.29, 1.82) is 0 Å². The molecule has 0 bridgehead atoms. The molecule has 9 heteroatoms. The SMILES string of the molecule is COCCNc1ccc(C(=O)OCC(=O)Nc2ccccc2C)cc1[N+](=O)[O-]. The highest BCUT2D eigenvalue weighted by Crippen LogP contribution is 2.25. The number of hydrogen-bond donors (Lipinski definition) is 2. The van der Waals surface area contributed by atoms with Crippen molar-refractivity contribution in [2.24, 2.45) is 0 Å². The molecule has 0 saturated carbocycles. The van der Waals surface area contributed by atoms with E-state index in [1.54, 1.807) is 12.1 Å². The molecule has 2 N–H and O–H groups in total. The van der Waals surface area contributed by atoms with Crippen LogP contribution in [0.25, 0.3) is 0 Å². The Bertz CT molecular complexity index is 868. The van der Waals surface area contributed by atoms with Crippen molar-refractivity contribution >= 4 is 28.9 Å². The van der Waals surface area contributed by atoms with Crippen LogP contribution in [0.3, 0.4) is 0 Å². The van der Waals surface area contributed by atoms with Crippen LogP contribution in [0.15, 0.2) is 42.5 Å². The van der Waals surface area contributed by atoms with Gasteiger partial charge in [0.2, 0.25) is 0 Å². The quantitative estimate of drug-likeness (QED) is 0.294. The molecule has 9 nitrogen and oxygen atoms in total. The molecule has 0 unspecified atom stereocenters. The van der Waals surface area contributed by atoms with E-state index in [0.717, 1.165) is 11.6 Å². The number of para-hydroxylation sites is 1. The minimum Gasteiger partial charge on any atom is -0.452 e. The monoisotopic (exact) mass is 387 g/mol. The Morgan fingerprint density at radius 2 is 1.89 bits per heavy atom. The van der Waals surface area contributed by atoms with Crippen LogP contribution in [0.5, 0.6) is 0 Å². The molecule has 0 radical (unpaired) electrons. The first kappa shape index (κ1) is 20.8. The van der Waals surface area contributed by atoms with Gasteiger partial charge in [-0.15, -0.1) is 0 Å². The lowest BCUT2D eigenvalue weighted by Crippen LogP contribution is -2.21. The summed E-state index contributed by atoms with van der Waals surface area (Å²) in [7, 11) is 1.52. The molecule has 0 atom stereocenters. The van der Waals surface area contributed by atoms with Gasteiger partial charge in [0, 0.05) is 25.4 Å². The van der Waals surface area contributed by atoms with Crippen LogP contribution in [-0.2, 0) is 14.3 Å². The average Bonchev–Trinajstić information content (AvgIpc) is 2.68. The third-order valence-electron chi connectivity index (χ3n) is 3.81. The minimum atomic E-state index is -0.827. The van der Waals surface area contributed by atoms with Crippen LogP contribution < -0.4 is 10.6 Å². The van der Waals surface area contributed by atoms with E-state index >= 15 is 0 Å². The summed E-state index contributed by atoms with van der Waals surface area (Å²) in [6.45, 7) is 2.08. The van der Waals surface area contributed by atoms with Crippen molar-refractivity contribution in [3.8, 4) is 0 Å². The number of nitrogens with one attached hydrogen (secondary N) is 2. The lowest BCUT2D eigenvalue weighted by Gasteiger charge is -2.10. The van der Waals surface area contributed by atoms with Crippen LogP contribution in [0.2, 0.25) is 0 Å². The van der Waals surface area contributed by atoms with Crippen LogP contribution in [0.1, 0.15) is 15.9 Å². The van der Waals surface area contributed by atoms with E-state index in [1.807, 2.05) is 19.1 Å². The van der Waals surface area contributed by atoms with E-state index in [1.165, 1.54) is 19.2 Å². The lowest BCUT2D eigenvalue weighted by molar-refractivity contribution is -0.384. The molecule has 0 heterocycles. The number of nitro benzene ring substituents is 1. The Morgan fingerprint density at radius 3 is 2.57 bits per heavy atom. The maximum atomic E-state index is 12.1. The van der Waals surface area contributed by atoms with Crippen molar-refractivity contribution in [3.63, 3.8) is 0 Å². The van der Waals surface area contributed by atoms with Gasteiger partial charge in [0.15, 0.2) is 6.61 Å². The van der Waals surface area contributed by atoms with Crippen molar-refractivity contribution in [2.75, 3.05) is 37.5 Å². The fourth-order valence-electron chi connectivity index (χ4n) is 2.36. The molecular formula is C19H21N3O6. The summed E-state index contributed by atoms with van der Waals surface area (Å²) in [6, 6.07) is 11.1. The van der Waals surface area contributed by atoms with E-state index in [-0.39, 0.29) is 16.9 Å². The maximum absolute atomic E-state index is 12.1. The zero-order valence-electron chi connectivity index (χ0n) is 15.6. The fourth-order valence-corrected chi connectivity index (χ4v) is 2.36. The van der Waals surface area contributed by atoms with E-state index in [4.69, 9.17) is 9.47 Å². The standard InChI is InChI=1S/C19H21N3O6/c1-13-5-3-4-6-15(13)21-18(23)12-28-19(24)14-7-8-16(20-9-10-27-2)17(11-14)22(25)26/h3-8,11,20H,9-10,12H2,1-2H3,(H,21,23). The second-order valence-electron chi connectivity index (χ2n) is 5.85. The molecule has 0 spiro atoms. The highest BCUT2D eigenvalue weighted by molar-refractivity contribution is 5.96. The predicted molar refractivity (Wildman–Crippen MR) is 104 cm³/mol. The topological polar surface area (TPSA) is 120 Å². The number of anilines is 2. The predicted octanol–water partition coefficient (Wildman–Crippen LogP) is 2.76. The number of carbonyl (C=O) groups excluding carboxylic acids is 2. The van der Waals surface area contributed by atoms with E-state index < -0.39 is 23.4 Å². The Balaban J connectivity index is 1.99. The van der Waals surface area contributed by atoms with Crippen LogP contribution in [-0.4, -0.2) is 43.7 Å².